The lowest BCUT2D eigenvalue weighted by Gasteiger charge is -2.08. The minimum atomic E-state index is 0.711. The molecule has 0 saturated heterocycles. The van der Waals surface area contributed by atoms with Gasteiger partial charge in [-0.1, -0.05) is 69.3 Å². The van der Waals surface area contributed by atoms with Gasteiger partial charge in [0.05, 0.1) is 0 Å². The number of benzene rings is 2. The summed E-state index contributed by atoms with van der Waals surface area (Å²) in [6.07, 6.45) is 2.26. The van der Waals surface area contributed by atoms with Crippen molar-refractivity contribution in [3.63, 3.8) is 0 Å². The maximum atomic E-state index is 2.32. The standard InChI is InChI=1S/C18H22/c1-4-15-8-10-17(11-9-15)18-7-5-6-16(13-18)12-14(2)3/h5-11,13-14H,4,12H2,1-3H3. The fourth-order valence-electron chi connectivity index (χ4n) is 2.28. The van der Waals surface area contributed by atoms with Crippen LogP contribution in [-0.2, 0) is 12.8 Å². The molecule has 0 fully saturated rings. The molecule has 0 aromatic heterocycles. The van der Waals surface area contributed by atoms with Gasteiger partial charge in [0, 0.05) is 0 Å². The lowest BCUT2D eigenvalue weighted by molar-refractivity contribution is 0.647. The summed E-state index contributed by atoms with van der Waals surface area (Å²) in [5, 5.41) is 0. The average Bonchev–Trinajstić information content (AvgIpc) is 2.38. The number of rotatable bonds is 4. The molecule has 18 heavy (non-hydrogen) atoms. The summed E-state index contributed by atoms with van der Waals surface area (Å²) in [5.74, 6) is 0.711. The summed E-state index contributed by atoms with van der Waals surface area (Å²) in [6.45, 7) is 6.73. The van der Waals surface area contributed by atoms with Gasteiger partial charge in [-0.2, -0.15) is 0 Å². The van der Waals surface area contributed by atoms with Crippen molar-refractivity contribution < 1.29 is 0 Å². The molecule has 0 aliphatic heterocycles. The Labute approximate surface area is 111 Å². The largest absolute Gasteiger partial charge is 0.0625 e. The van der Waals surface area contributed by atoms with Gasteiger partial charge >= 0.3 is 0 Å². The van der Waals surface area contributed by atoms with Crippen LogP contribution in [0.1, 0.15) is 31.9 Å². The van der Waals surface area contributed by atoms with Crippen LogP contribution in [0.3, 0.4) is 0 Å². The van der Waals surface area contributed by atoms with Crippen LogP contribution in [0.2, 0.25) is 0 Å². The second-order valence-electron chi connectivity index (χ2n) is 5.35. The molecule has 0 aliphatic rings. The highest BCUT2D eigenvalue weighted by molar-refractivity contribution is 5.64. The van der Waals surface area contributed by atoms with Gasteiger partial charge in [0.2, 0.25) is 0 Å². The summed E-state index contributed by atoms with van der Waals surface area (Å²) < 4.78 is 0. The Morgan fingerprint density at radius 1 is 0.833 bits per heavy atom. The van der Waals surface area contributed by atoms with Crippen LogP contribution < -0.4 is 0 Å². The van der Waals surface area contributed by atoms with Gasteiger partial charge in [-0.15, -0.1) is 0 Å². The summed E-state index contributed by atoms with van der Waals surface area (Å²) >= 11 is 0. The van der Waals surface area contributed by atoms with Crippen molar-refractivity contribution in [2.45, 2.75) is 33.6 Å². The van der Waals surface area contributed by atoms with Gasteiger partial charge in [0.1, 0.15) is 0 Å². The second-order valence-corrected chi connectivity index (χ2v) is 5.35. The van der Waals surface area contributed by atoms with Crippen LogP contribution in [0.5, 0.6) is 0 Å². The first kappa shape index (κ1) is 12.9. The molecule has 2 aromatic rings. The molecule has 0 radical (unpaired) electrons. The van der Waals surface area contributed by atoms with Crippen LogP contribution in [0, 0.1) is 5.92 Å². The Morgan fingerprint density at radius 3 is 2.17 bits per heavy atom. The molecule has 94 valence electrons. The Bertz CT molecular complexity index is 492. The lowest BCUT2D eigenvalue weighted by atomic mass is 9.97. The molecular formula is C18H22. The van der Waals surface area contributed by atoms with E-state index in [0.29, 0.717) is 5.92 Å². The van der Waals surface area contributed by atoms with E-state index < -0.39 is 0 Å². The molecule has 2 rings (SSSR count). The van der Waals surface area contributed by atoms with Crippen molar-refractivity contribution >= 4 is 0 Å². The predicted octanol–water partition coefficient (Wildman–Crippen LogP) is 5.11. The van der Waals surface area contributed by atoms with Crippen molar-refractivity contribution in [1.29, 1.82) is 0 Å². The SMILES string of the molecule is CCc1ccc(-c2cccc(CC(C)C)c2)cc1. The van der Waals surface area contributed by atoms with Crippen LogP contribution in [0.15, 0.2) is 48.5 Å². The molecular weight excluding hydrogens is 216 g/mol. The fourth-order valence-corrected chi connectivity index (χ4v) is 2.28. The van der Waals surface area contributed by atoms with Crippen LogP contribution in [0.4, 0.5) is 0 Å². The smallest absolute Gasteiger partial charge is 0.0181 e. The molecule has 0 spiro atoms. The molecule has 2 aromatic carbocycles. The molecule has 0 N–H and O–H groups in total. The molecule has 0 unspecified atom stereocenters. The Morgan fingerprint density at radius 2 is 1.56 bits per heavy atom. The molecule has 0 amide bonds. The summed E-state index contributed by atoms with van der Waals surface area (Å²) in [7, 11) is 0. The van der Waals surface area contributed by atoms with E-state index in [-0.39, 0.29) is 0 Å². The Balaban J connectivity index is 2.26. The van der Waals surface area contributed by atoms with E-state index in [2.05, 4.69) is 69.3 Å². The van der Waals surface area contributed by atoms with Crippen LogP contribution in [0.25, 0.3) is 11.1 Å². The maximum absolute atomic E-state index is 2.32. The first-order valence-corrected chi connectivity index (χ1v) is 6.87. The molecule has 0 bridgehead atoms. The van der Waals surface area contributed by atoms with Crippen molar-refractivity contribution in [3.8, 4) is 11.1 Å². The van der Waals surface area contributed by atoms with Gasteiger partial charge in [-0.25, -0.2) is 0 Å². The van der Waals surface area contributed by atoms with Gasteiger partial charge in [-0.3, -0.25) is 0 Å². The quantitative estimate of drug-likeness (QED) is 0.694. The van der Waals surface area contributed by atoms with E-state index in [0.717, 1.165) is 12.8 Å². The third kappa shape index (κ3) is 3.22. The predicted molar refractivity (Wildman–Crippen MR) is 79.8 cm³/mol. The highest BCUT2D eigenvalue weighted by atomic mass is 14.1. The topological polar surface area (TPSA) is 0 Å². The summed E-state index contributed by atoms with van der Waals surface area (Å²) in [4.78, 5) is 0. The normalized spacial score (nSPS) is 10.9. The average molecular weight is 238 g/mol. The van der Waals surface area contributed by atoms with Crippen LogP contribution >= 0.6 is 0 Å². The van der Waals surface area contributed by atoms with Crippen molar-refractivity contribution in [1.82, 2.24) is 0 Å². The van der Waals surface area contributed by atoms with E-state index in [1.165, 1.54) is 22.3 Å². The minimum Gasteiger partial charge on any atom is -0.0625 e. The molecule has 0 atom stereocenters. The monoisotopic (exact) mass is 238 g/mol. The zero-order chi connectivity index (χ0) is 13.0. The molecule has 0 nitrogen and oxygen atoms in total. The minimum absolute atomic E-state index is 0.711. The van der Waals surface area contributed by atoms with E-state index in [9.17, 15) is 0 Å². The van der Waals surface area contributed by atoms with E-state index in [1.54, 1.807) is 0 Å². The zero-order valence-corrected chi connectivity index (χ0v) is 11.6. The third-order valence-electron chi connectivity index (χ3n) is 3.27. The number of hydrogen-bond donors (Lipinski definition) is 0. The molecule has 0 heteroatoms. The highest BCUT2D eigenvalue weighted by Gasteiger charge is 2.01. The van der Waals surface area contributed by atoms with Crippen molar-refractivity contribution in [2.24, 2.45) is 5.92 Å². The maximum Gasteiger partial charge on any atom is -0.0181 e. The second kappa shape index (κ2) is 5.86. The first-order chi connectivity index (χ1) is 8.69. The zero-order valence-electron chi connectivity index (χ0n) is 11.6. The fraction of sp³-hybridized carbons (Fsp3) is 0.333. The Hall–Kier alpha value is -1.56. The number of hydrogen-bond acceptors (Lipinski definition) is 0. The van der Waals surface area contributed by atoms with Gasteiger partial charge < -0.3 is 0 Å². The molecule has 0 heterocycles. The molecule has 0 saturated carbocycles. The lowest BCUT2D eigenvalue weighted by Crippen LogP contribution is -1.94. The van der Waals surface area contributed by atoms with E-state index >= 15 is 0 Å². The number of aryl methyl sites for hydroxylation is 1. The van der Waals surface area contributed by atoms with Crippen LogP contribution in [-0.4, -0.2) is 0 Å². The summed E-state index contributed by atoms with van der Waals surface area (Å²) in [5.41, 5.74) is 5.48. The third-order valence-corrected chi connectivity index (χ3v) is 3.27. The van der Waals surface area contributed by atoms with Gasteiger partial charge in [0.15, 0.2) is 0 Å². The van der Waals surface area contributed by atoms with Gasteiger partial charge in [-0.05, 0) is 41.0 Å². The molecule has 0 aliphatic carbocycles. The summed E-state index contributed by atoms with van der Waals surface area (Å²) in [6, 6.07) is 17.8. The van der Waals surface area contributed by atoms with Gasteiger partial charge in [0.25, 0.3) is 0 Å². The van der Waals surface area contributed by atoms with Crippen molar-refractivity contribution in [3.05, 3.63) is 59.7 Å². The van der Waals surface area contributed by atoms with E-state index in [1.807, 2.05) is 0 Å². The van der Waals surface area contributed by atoms with E-state index in [4.69, 9.17) is 0 Å². The first-order valence-electron chi connectivity index (χ1n) is 6.87. The van der Waals surface area contributed by atoms with Crippen molar-refractivity contribution in [2.75, 3.05) is 0 Å². The highest BCUT2D eigenvalue weighted by Crippen LogP contribution is 2.22. The Kier molecular flexibility index (Phi) is 4.19.